The summed E-state index contributed by atoms with van der Waals surface area (Å²) in [5.74, 6) is -0.190. The van der Waals surface area contributed by atoms with Gasteiger partial charge in [-0.15, -0.1) is 11.3 Å². The first kappa shape index (κ1) is 18.4. The predicted molar refractivity (Wildman–Crippen MR) is 105 cm³/mol. The van der Waals surface area contributed by atoms with Gasteiger partial charge in [0, 0.05) is 13.1 Å². The molecule has 1 aromatic carbocycles. The molecule has 0 aliphatic carbocycles. The van der Waals surface area contributed by atoms with Crippen molar-refractivity contribution in [3.63, 3.8) is 0 Å². The molecule has 2 N–H and O–H groups in total. The van der Waals surface area contributed by atoms with Crippen LogP contribution in [0.5, 0.6) is 0 Å². The smallest absolute Gasteiger partial charge is 0.321 e. The number of carbonyl (C=O) groups excluding carboxylic acids is 2. The first-order valence-electron chi connectivity index (χ1n) is 9.01. The van der Waals surface area contributed by atoms with Crippen LogP contribution in [0.2, 0.25) is 0 Å². The lowest BCUT2D eigenvalue weighted by molar-refractivity contribution is 0.103. The van der Waals surface area contributed by atoms with E-state index in [1.807, 2.05) is 19.1 Å². The van der Waals surface area contributed by atoms with Gasteiger partial charge in [0.2, 0.25) is 0 Å². The lowest BCUT2D eigenvalue weighted by Crippen LogP contribution is -2.32. The molecule has 1 fully saturated rings. The molecular weight excluding hydrogens is 348 g/mol. The second-order valence-corrected chi connectivity index (χ2v) is 7.48. The number of benzene rings is 1. The normalized spacial score (nSPS) is 13.7. The third-order valence-corrected chi connectivity index (χ3v) is 5.54. The number of hydrogen-bond donors (Lipinski definition) is 2. The molecule has 0 saturated carbocycles. The zero-order chi connectivity index (χ0) is 18.5. The fourth-order valence-electron chi connectivity index (χ4n) is 2.98. The van der Waals surface area contributed by atoms with Crippen LogP contribution in [-0.2, 0) is 6.42 Å². The van der Waals surface area contributed by atoms with Gasteiger partial charge in [-0.3, -0.25) is 4.79 Å². The summed E-state index contributed by atoms with van der Waals surface area (Å²) < 4.78 is 0. The number of hydrogen-bond acceptors (Lipinski definition) is 4. The molecule has 1 aliphatic rings. The number of amides is 3. The maximum Gasteiger partial charge on any atom is 0.321 e. The van der Waals surface area contributed by atoms with E-state index in [1.54, 1.807) is 17.0 Å². The van der Waals surface area contributed by atoms with Crippen LogP contribution in [0.25, 0.3) is 0 Å². The highest BCUT2D eigenvalue weighted by Gasteiger charge is 2.20. The number of aromatic nitrogens is 1. The van der Waals surface area contributed by atoms with E-state index in [0.717, 1.165) is 49.5 Å². The molecule has 3 amide bonds. The van der Waals surface area contributed by atoms with Crippen LogP contribution in [0, 0.1) is 6.92 Å². The van der Waals surface area contributed by atoms with Crippen molar-refractivity contribution in [2.45, 2.75) is 39.5 Å². The van der Waals surface area contributed by atoms with E-state index < -0.39 is 0 Å². The number of carbonyl (C=O) groups is 2. The summed E-state index contributed by atoms with van der Waals surface area (Å²) in [6.07, 6.45) is 3.95. The summed E-state index contributed by atoms with van der Waals surface area (Å²) in [4.78, 5) is 31.9. The first-order valence-corrected chi connectivity index (χ1v) is 9.82. The van der Waals surface area contributed by atoms with Crippen molar-refractivity contribution in [3.8, 4) is 0 Å². The van der Waals surface area contributed by atoms with E-state index in [4.69, 9.17) is 0 Å². The van der Waals surface area contributed by atoms with Crippen molar-refractivity contribution < 1.29 is 9.59 Å². The van der Waals surface area contributed by atoms with Gasteiger partial charge in [0.15, 0.2) is 0 Å². The molecule has 0 spiro atoms. The van der Waals surface area contributed by atoms with Crippen molar-refractivity contribution >= 4 is 34.6 Å². The largest absolute Gasteiger partial charge is 0.325 e. The minimum atomic E-state index is -0.190. The first-order chi connectivity index (χ1) is 12.6. The molecule has 3 rings (SSSR count). The SMILES string of the molecule is CCCc1nc(C)c(C(=O)Nc2ccccc2NC(=O)N2CCCC2)s1. The Labute approximate surface area is 157 Å². The Bertz CT molecular complexity index is 797. The molecular formula is C19H24N4O2S. The van der Waals surface area contributed by atoms with Crippen LogP contribution in [-0.4, -0.2) is 34.9 Å². The van der Waals surface area contributed by atoms with E-state index in [2.05, 4.69) is 22.5 Å². The van der Waals surface area contributed by atoms with Gasteiger partial charge in [0.05, 0.1) is 22.1 Å². The van der Waals surface area contributed by atoms with Crippen LogP contribution < -0.4 is 10.6 Å². The topological polar surface area (TPSA) is 74.3 Å². The van der Waals surface area contributed by atoms with Crippen molar-refractivity contribution in [3.05, 3.63) is 39.8 Å². The van der Waals surface area contributed by atoms with E-state index in [9.17, 15) is 9.59 Å². The molecule has 6 nitrogen and oxygen atoms in total. The van der Waals surface area contributed by atoms with Crippen LogP contribution in [0.1, 0.15) is 46.6 Å². The number of thiazole rings is 1. The molecule has 0 bridgehead atoms. The van der Waals surface area contributed by atoms with Gasteiger partial charge < -0.3 is 15.5 Å². The maximum absolute atomic E-state index is 12.7. The Morgan fingerprint density at radius 3 is 2.46 bits per heavy atom. The zero-order valence-electron chi connectivity index (χ0n) is 15.2. The van der Waals surface area contributed by atoms with Crippen molar-refractivity contribution in [1.29, 1.82) is 0 Å². The van der Waals surface area contributed by atoms with Gasteiger partial charge in [0.1, 0.15) is 4.88 Å². The van der Waals surface area contributed by atoms with Gasteiger partial charge in [-0.1, -0.05) is 19.1 Å². The number of rotatable bonds is 5. The van der Waals surface area contributed by atoms with Gasteiger partial charge in [-0.05, 0) is 44.7 Å². The third-order valence-electron chi connectivity index (χ3n) is 4.32. The van der Waals surface area contributed by atoms with Crippen LogP contribution in [0.3, 0.4) is 0 Å². The molecule has 0 radical (unpaired) electrons. The Morgan fingerprint density at radius 2 is 1.81 bits per heavy atom. The molecule has 7 heteroatoms. The number of anilines is 2. The van der Waals surface area contributed by atoms with Gasteiger partial charge in [-0.25, -0.2) is 9.78 Å². The van der Waals surface area contributed by atoms with Crippen molar-refractivity contribution in [2.75, 3.05) is 23.7 Å². The van der Waals surface area contributed by atoms with Crippen molar-refractivity contribution in [1.82, 2.24) is 9.88 Å². The lowest BCUT2D eigenvalue weighted by Gasteiger charge is -2.18. The zero-order valence-corrected chi connectivity index (χ0v) is 16.0. The Balaban J connectivity index is 1.73. The molecule has 138 valence electrons. The molecule has 0 unspecified atom stereocenters. The van der Waals surface area contributed by atoms with Gasteiger partial charge >= 0.3 is 6.03 Å². The van der Waals surface area contributed by atoms with Crippen LogP contribution >= 0.6 is 11.3 Å². The summed E-state index contributed by atoms with van der Waals surface area (Å²) >= 11 is 1.43. The molecule has 2 aromatic rings. The second-order valence-electron chi connectivity index (χ2n) is 6.40. The number of likely N-dealkylation sites (tertiary alicyclic amines) is 1. The minimum absolute atomic E-state index is 0.122. The average molecular weight is 372 g/mol. The molecule has 1 aromatic heterocycles. The number of aryl methyl sites for hydroxylation is 2. The summed E-state index contributed by atoms with van der Waals surface area (Å²) in [6, 6.07) is 7.14. The number of para-hydroxylation sites is 2. The monoisotopic (exact) mass is 372 g/mol. The van der Waals surface area contributed by atoms with Crippen molar-refractivity contribution in [2.24, 2.45) is 0 Å². The quantitative estimate of drug-likeness (QED) is 0.822. The maximum atomic E-state index is 12.7. The predicted octanol–water partition coefficient (Wildman–Crippen LogP) is 4.28. The Kier molecular flexibility index (Phi) is 5.88. The fraction of sp³-hybridized carbons (Fsp3) is 0.421. The highest BCUT2D eigenvalue weighted by Crippen LogP contribution is 2.25. The number of nitrogens with zero attached hydrogens (tertiary/aromatic N) is 2. The lowest BCUT2D eigenvalue weighted by atomic mass is 10.2. The van der Waals surface area contributed by atoms with E-state index >= 15 is 0 Å². The fourth-order valence-corrected chi connectivity index (χ4v) is 4.04. The highest BCUT2D eigenvalue weighted by molar-refractivity contribution is 7.13. The molecule has 1 saturated heterocycles. The standard InChI is InChI=1S/C19H24N4O2S/c1-3-8-16-20-13(2)17(26-16)18(24)21-14-9-4-5-10-15(14)22-19(25)23-11-6-7-12-23/h4-5,9-10H,3,6-8,11-12H2,1-2H3,(H,21,24)(H,22,25). The molecule has 1 aliphatic heterocycles. The van der Waals surface area contributed by atoms with E-state index in [-0.39, 0.29) is 11.9 Å². The summed E-state index contributed by atoms with van der Waals surface area (Å²) in [5, 5.41) is 6.80. The molecule has 0 atom stereocenters. The summed E-state index contributed by atoms with van der Waals surface area (Å²) in [5.41, 5.74) is 1.94. The summed E-state index contributed by atoms with van der Waals surface area (Å²) in [7, 11) is 0. The molecule has 26 heavy (non-hydrogen) atoms. The number of urea groups is 1. The number of nitrogens with one attached hydrogen (secondary N) is 2. The van der Waals surface area contributed by atoms with Gasteiger partial charge in [-0.2, -0.15) is 0 Å². The Morgan fingerprint density at radius 1 is 1.15 bits per heavy atom. The minimum Gasteiger partial charge on any atom is -0.325 e. The summed E-state index contributed by atoms with van der Waals surface area (Å²) in [6.45, 7) is 5.50. The Hall–Kier alpha value is -2.41. The average Bonchev–Trinajstić information content (AvgIpc) is 3.27. The van der Waals surface area contributed by atoms with Crippen LogP contribution in [0.15, 0.2) is 24.3 Å². The van der Waals surface area contributed by atoms with Crippen LogP contribution in [0.4, 0.5) is 16.2 Å². The highest BCUT2D eigenvalue weighted by atomic mass is 32.1. The van der Waals surface area contributed by atoms with E-state index in [0.29, 0.717) is 16.3 Å². The van der Waals surface area contributed by atoms with Gasteiger partial charge in [0.25, 0.3) is 5.91 Å². The molecule has 2 heterocycles. The third kappa shape index (κ3) is 4.22. The second kappa shape index (κ2) is 8.31. The van der Waals surface area contributed by atoms with E-state index in [1.165, 1.54) is 11.3 Å².